The van der Waals surface area contributed by atoms with Gasteiger partial charge in [-0.25, -0.2) is 10.8 Å². The van der Waals surface area contributed by atoms with Crippen LogP contribution in [-0.4, -0.2) is 106 Å². The zero-order chi connectivity index (χ0) is 38.3. The average Bonchev–Trinajstić information content (AvgIpc) is 3.54. The van der Waals surface area contributed by atoms with Crippen molar-refractivity contribution in [3.63, 3.8) is 0 Å². The molecular weight excluding hydrogens is 674 g/mol. The molecule has 0 saturated carbocycles. The SMILES string of the molecule is CCCCCNc1nc(N)nc2ccn(Cc3ccc(CN4CCN(CCN(N)/C=C(\N)CNC(=O)CC(C(=O)O)C(CC)CC)CC4)cc3OC)c12. The van der Waals surface area contributed by atoms with Crippen molar-refractivity contribution in [3.05, 3.63) is 53.5 Å². The highest BCUT2D eigenvalue weighted by Crippen LogP contribution is 2.28. The number of unbranched alkanes of at least 4 members (excludes halogenated alkanes) is 2. The highest BCUT2D eigenvalue weighted by atomic mass is 16.5. The molecule has 1 atom stereocenters. The maximum atomic E-state index is 12.4. The van der Waals surface area contributed by atoms with E-state index in [1.54, 1.807) is 13.3 Å². The Hall–Kier alpha value is -4.60. The third-order valence-electron chi connectivity index (χ3n) is 10.1. The first-order valence-electron chi connectivity index (χ1n) is 19.0. The van der Waals surface area contributed by atoms with Gasteiger partial charge in [0.15, 0.2) is 5.82 Å². The molecule has 4 rings (SSSR count). The standard InChI is InChI=1S/C38H61N11O4/c1-5-8-9-13-42-36-35-32(44-38(40)45-36)12-14-48(35)25-29-11-10-27(21-33(29)53-4)24-47-17-15-46(16-18-47)19-20-49(41)26-30(39)23-43-34(50)22-31(37(51)52)28(6-2)7-3/h10-12,14,21,26,28,31H,5-9,13,15-20,22-25,39,41H2,1-4H3,(H,43,50)(H,51,52)(H3,40,42,44,45)/b30-26-. The second-order valence-corrected chi connectivity index (χ2v) is 13.9. The van der Waals surface area contributed by atoms with Crippen molar-refractivity contribution in [3.8, 4) is 5.75 Å². The van der Waals surface area contributed by atoms with Gasteiger partial charge < -0.3 is 41.5 Å². The van der Waals surface area contributed by atoms with E-state index < -0.39 is 11.9 Å². The van der Waals surface area contributed by atoms with Crippen LogP contribution in [-0.2, 0) is 22.7 Å². The molecule has 1 amide bonds. The number of amides is 1. The van der Waals surface area contributed by atoms with Gasteiger partial charge in [0.2, 0.25) is 11.9 Å². The van der Waals surface area contributed by atoms with Gasteiger partial charge in [-0.1, -0.05) is 58.6 Å². The monoisotopic (exact) mass is 735 g/mol. The molecule has 9 N–H and O–H groups in total. The summed E-state index contributed by atoms with van der Waals surface area (Å²) >= 11 is 0. The van der Waals surface area contributed by atoms with E-state index in [2.05, 4.69) is 60.1 Å². The molecule has 1 aliphatic rings. The quantitative estimate of drug-likeness (QED) is 0.0498. The van der Waals surface area contributed by atoms with Crippen molar-refractivity contribution in [2.75, 3.05) is 70.5 Å². The van der Waals surface area contributed by atoms with E-state index in [4.69, 9.17) is 22.0 Å². The number of carboxylic acid groups (broad SMARTS) is 1. The summed E-state index contributed by atoms with van der Waals surface area (Å²) in [4.78, 5) is 37.9. The number of nitrogens with one attached hydrogen (secondary N) is 2. The number of aliphatic carboxylic acids is 1. The van der Waals surface area contributed by atoms with Gasteiger partial charge in [-0.05, 0) is 30.0 Å². The molecule has 2 aromatic heterocycles. The summed E-state index contributed by atoms with van der Waals surface area (Å²) in [5, 5.41) is 17.3. The number of ether oxygens (including phenoxy) is 1. The Morgan fingerprint density at radius 2 is 1.79 bits per heavy atom. The fourth-order valence-electron chi connectivity index (χ4n) is 6.96. The van der Waals surface area contributed by atoms with E-state index in [9.17, 15) is 14.7 Å². The number of hydrazine groups is 1. The van der Waals surface area contributed by atoms with E-state index in [1.165, 1.54) is 10.6 Å². The highest BCUT2D eigenvalue weighted by Gasteiger charge is 2.28. The van der Waals surface area contributed by atoms with Crippen LogP contribution < -0.4 is 32.7 Å². The van der Waals surface area contributed by atoms with Crippen LogP contribution in [0.15, 0.2) is 42.4 Å². The van der Waals surface area contributed by atoms with E-state index in [0.29, 0.717) is 31.6 Å². The Morgan fingerprint density at radius 1 is 1.06 bits per heavy atom. The third-order valence-corrected chi connectivity index (χ3v) is 10.1. The highest BCUT2D eigenvalue weighted by molar-refractivity contribution is 5.87. The van der Waals surface area contributed by atoms with Crippen LogP contribution in [0.3, 0.4) is 0 Å². The minimum atomic E-state index is -0.943. The van der Waals surface area contributed by atoms with Crippen LogP contribution in [0.4, 0.5) is 11.8 Å². The number of nitrogen functional groups attached to an aromatic ring is 1. The van der Waals surface area contributed by atoms with Gasteiger partial charge in [0.1, 0.15) is 11.3 Å². The molecule has 3 aromatic rings. The fraction of sp³-hybridized carbons (Fsp3) is 0.579. The number of aromatic nitrogens is 3. The summed E-state index contributed by atoms with van der Waals surface area (Å²) in [6.07, 6.45) is 8.37. The van der Waals surface area contributed by atoms with Crippen LogP contribution in [0.1, 0.15) is 70.4 Å². The minimum absolute atomic E-state index is 0.0418. The molecule has 292 valence electrons. The molecule has 15 nitrogen and oxygen atoms in total. The summed E-state index contributed by atoms with van der Waals surface area (Å²) in [5.41, 5.74) is 16.5. The number of anilines is 2. The predicted molar refractivity (Wildman–Crippen MR) is 210 cm³/mol. The number of hydrogen-bond donors (Lipinski definition) is 6. The molecular formula is C38H61N11O4. The molecule has 1 unspecified atom stereocenters. The van der Waals surface area contributed by atoms with Crippen LogP contribution >= 0.6 is 0 Å². The van der Waals surface area contributed by atoms with Crippen LogP contribution in [0, 0.1) is 11.8 Å². The van der Waals surface area contributed by atoms with Crippen molar-refractivity contribution in [1.82, 2.24) is 34.7 Å². The molecule has 15 heteroatoms. The molecule has 1 aromatic carbocycles. The van der Waals surface area contributed by atoms with Crippen molar-refractivity contribution < 1.29 is 19.4 Å². The normalized spacial score (nSPS) is 14.8. The first-order chi connectivity index (χ1) is 25.5. The smallest absolute Gasteiger partial charge is 0.307 e. The van der Waals surface area contributed by atoms with Crippen molar-refractivity contribution in [2.24, 2.45) is 23.4 Å². The van der Waals surface area contributed by atoms with Gasteiger partial charge >= 0.3 is 5.97 Å². The maximum absolute atomic E-state index is 12.4. The summed E-state index contributed by atoms with van der Waals surface area (Å²) in [6.45, 7) is 13.5. The Morgan fingerprint density at radius 3 is 2.47 bits per heavy atom. The lowest BCUT2D eigenvalue weighted by Gasteiger charge is -2.35. The van der Waals surface area contributed by atoms with Crippen molar-refractivity contribution in [2.45, 2.75) is 72.4 Å². The van der Waals surface area contributed by atoms with E-state index in [-0.39, 0.29) is 30.7 Å². The molecule has 0 radical (unpaired) electrons. The van der Waals surface area contributed by atoms with Gasteiger partial charge in [0.25, 0.3) is 0 Å². The fourth-order valence-corrected chi connectivity index (χ4v) is 6.96. The lowest BCUT2D eigenvalue weighted by atomic mass is 9.85. The number of rotatable bonds is 22. The zero-order valence-corrected chi connectivity index (χ0v) is 32.0. The van der Waals surface area contributed by atoms with Crippen LogP contribution in [0.2, 0.25) is 0 Å². The molecule has 0 spiro atoms. The maximum Gasteiger partial charge on any atom is 0.307 e. The van der Waals surface area contributed by atoms with Crippen molar-refractivity contribution >= 4 is 34.7 Å². The first kappa shape index (κ1) is 41.2. The zero-order valence-electron chi connectivity index (χ0n) is 32.0. The Bertz CT molecular complexity index is 1650. The van der Waals surface area contributed by atoms with E-state index in [1.807, 2.05) is 26.1 Å². The Kier molecular flexibility index (Phi) is 16.0. The predicted octanol–water partition coefficient (Wildman–Crippen LogP) is 3.41. The molecule has 0 bridgehead atoms. The number of fused-ring (bicyclic) bond motifs is 1. The number of nitrogens with two attached hydrogens (primary N) is 3. The topological polar surface area (TPSA) is 206 Å². The first-order valence-corrected chi connectivity index (χ1v) is 19.0. The summed E-state index contributed by atoms with van der Waals surface area (Å²) in [5.74, 6) is 6.04. The van der Waals surface area contributed by atoms with Gasteiger partial charge in [-0.3, -0.25) is 19.4 Å². The number of benzene rings is 1. The number of carbonyl (C=O) groups is 2. The van der Waals surface area contributed by atoms with Gasteiger partial charge in [-0.15, -0.1) is 0 Å². The van der Waals surface area contributed by atoms with Crippen LogP contribution in [0.5, 0.6) is 5.75 Å². The van der Waals surface area contributed by atoms with E-state index >= 15 is 0 Å². The lowest BCUT2D eigenvalue weighted by Crippen LogP contribution is -2.48. The minimum Gasteiger partial charge on any atom is -0.496 e. The number of piperazine rings is 1. The average molecular weight is 736 g/mol. The van der Waals surface area contributed by atoms with Gasteiger partial charge in [-0.2, -0.15) is 4.98 Å². The Labute approximate surface area is 313 Å². The molecule has 3 heterocycles. The lowest BCUT2D eigenvalue weighted by molar-refractivity contribution is -0.146. The van der Waals surface area contributed by atoms with Gasteiger partial charge in [0, 0.05) is 82.4 Å². The third kappa shape index (κ3) is 12.2. The molecule has 1 fully saturated rings. The van der Waals surface area contributed by atoms with Crippen LogP contribution in [0.25, 0.3) is 11.0 Å². The summed E-state index contributed by atoms with van der Waals surface area (Å²) in [7, 11) is 1.71. The molecule has 1 saturated heterocycles. The number of methoxy groups -OCH3 is 1. The summed E-state index contributed by atoms with van der Waals surface area (Å²) < 4.78 is 8.01. The number of carboxylic acids is 1. The summed E-state index contributed by atoms with van der Waals surface area (Å²) in [6, 6.07) is 8.43. The molecule has 1 aliphatic heterocycles. The Balaban J connectivity index is 1.23. The number of nitrogens with zero attached hydrogens (tertiary/aromatic N) is 6. The molecule has 53 heavy (non-hydrogen) atoms. The largest absolute Gasteiger partial charge is 0.496 e. The van der Waals surface area contributed by atoms with E-state index in [0.717, 1.165) is 93.2 Å². The number of carbonyl (C=O) groups excluding carboxylic acids is 1. The number of hydrogen-bond acceptors (Lipinski definition) is 12. The second-order valence-electron chi connectivity index (χ2n) is 13.9. The van der Waals surface area contributed by atoms with Gasteiger partial charge in [0.05, 0.1) is 31.6 Å². The second kappa shape index (κ2) is 20.6. The molecule has 0 aliphatic carbocycles. The van der Waals surface area contributed by atoms with Crippen molar-refractivity contribution in [1.29, 1.82) is 0 Å².